The van der Waals surface area contributed by atoms with Crippen LogP contribution in [0.4, 0.5) is 25.2 Å². The average Bonchev–Trinajstić information content (AvgIpc) is 0.983. The van der Waals surface area contributed by atoms with Crippen molar-refractivity contribution in [3.8, 4) is 0 Å². The van der Waals surface area contributed by atoms with E-state index in [0.29, 0.717) is 0 Å². The Kier molecular flexibility index (Phi) is 73.9. The lowest BCUT2D eigenvalue weighted by Crippen LogP contribution is -2.43. The van der Waals surface area contributed by atoms with Crippen LogP contribution >= 0.6 is 47.4 Å². The average molecular weight is 1960 g/mol. The zero-order valence-corrected chi connectivity index (χ0v) is 89.5. The van der Waals surface area contributed by atoms with Gasteiger partial charge in [0.2, 0.25) is 0 Å². The van der Waals surface area contributed by atoms with E-state index in [-0.39, 0.29) is 0 Å². The molecule has 0 N–H and O–H groups in total. The van der Waals surface area contributed by atoms with Gasteiger partial charge in [-0.25, -0.2) is 25.2 Å². The predicted molar refractivity (Wildman–Crippen MR) is 481 cm³/mol. The topological polar surface area (TPSA) is 379 Å². The van der Waals surface area contributed by atoms with Gasteiger partial charge in [-0.1, -0.05) is 0 Å². The normalized spacial score (nSPS) is 24.0. The van der Waals surface area contributed by atoms with Gasteiger partial charge in [-0.05, 0) is 231 Å². The number of likely N-dealkylation sites (tertiary alicyclic amines) is 12. The van der Waals surface area contributed by atoms with Crippen LogP contribution in [-0.4, -0.2) is 380 Å². The van der Waals surface area contributed by atoms with Gasteiger partial charge in [0.15, 0.2) is 0 Å². The molecule has 0 aromatic heterocycles. The molecule has 12 fully saturated rings. The highest BCUT2D eigenvalue weighted by Gasteiger charge is 2.26. The molecule has 42 heteroatoms. The fraction of sp³-hybridized carbons (Fsp3) is 1.00. The highest BCUT2D eigenvalue weighted by molar-refractivity contribution is 7.43. The van der Waals surface area contributed by atoms with Crippen LogP contribution in [0.25, 0.3) is 0 Å². The molecular weight excluding hydrogens is 1760 g/mol. The Morgan fingerprint density at radius 3 is 0.167 bits per heavy atom. The SMILES string of the molecule is C[N+]1(C)CCCCC1.C[N+]1(C)CCCCC1.C[N+]1(C)CCCCC1.C[N+]1(C)CCCCC1.C[N+]1(C)CCCCC1.C[N+]1(C)CCCCC1.C[N+]1(C)CCCCC1.C[N+]1(C)CCCCC1.C[N+]1(C)CCCCC1.C[N+]1(C)CCCCC1.C[N+]1(C)CCCCC1.C[N+]1(C)CCCCC1.O=P([O-])([O-])F.O=P([O-])([O-])F.O=P([O-])([O-])F.O=P([O-])([O-])F.O=P([O-])([O-])F.O=P([O-])([O-])F. The molecule has 0 radical (unpaired) electrons. The van der Waals surface area contributed by atoms with Crippen LogP contribution in [0.5, 0.6) is 0 Å². The summed E-state index contributed by atoms with van der Waals surface area (Å²) in [7, 11) is 21.8. The number of halogens is 6. The molecule has 0 atom stereocenters. The largest absolute Gasteiger partial charge is 0.786 e. The fourth-order valence-corrected chi connectivity index (χ4v) is 16.4. The third-order valence-electron chi connectivity index (χ3n) is 24.3. The van der Waals surface area contributed by atoms with Crippen molar-refractivity contribution in [1.29, 1.82) is 0 Å². The summed E-state index contributed by atoms with van der Waals surface area (Å²) < 4.78 is 126. The van der Waals surface area contributed by atoms with Crippen LogP contribution in [0, 0.1) is 0 Å². The summed E-state index contributed by atoms with van der Waals surface area (Å²) in [5.41, 5.74) is 0. The molecule has 0 spiro atoms. The first-order valence-electron chi connectivity index (χ1n) is 46.6. The minimum atomic E-state index is -5.64. The van der Waals surface area contributed by atoms with Crippen LogP contribution in [-0.2, 0) is 27.4 Å². The smallest absolute Gasteiger partial charge is 0.110 e. The van der Waals surface area contributed by atoms with Gasteiger partial charge in [-0.2, -0.15) is 0 Å². The van der Waals surface area contributed by atoms with Crippen molar-refractivity contribution < 1.29 is 165 Å². The molecule has 0 unspecified atom stereocenters. The van der Waals surface area contributed by atoms with Crippen molar-refractivity contribution in [1.82, 2.24) is 0 Å². The fourth-order valence-electron chi connectivity index (χ4n) is 16.4. The first-order valence-corrected chi connectivity index (χ1v) is 55.2. The molecule has 0 aromatic rings. The Morgan fingerprint density at radius 2 is 0.151 bits per heavy atom. The number of hydrogen-bond donors (Lipinski definition) is 0. The maximum Gasteiger partial charge on any atom is 0.110 e. The van der Waals surface area contributed by atoms with E-state index < -0.39 is 47.4 Å². The van der Waals surface area contributed by atoms with Crippen LogP contribution < -0.4 is 58.7 Å². The van der Waals surface area contributed by atoms with Crippen LogP contribution in [0.15, 0.2) is 0 Å². The summed E-state index contributed by atoms with van der Waals surface area (Å²) in [6, 6.07) is 0. The highest BCUT2D eigenvalue weighted by atomic mass is 31.2. The van der Waals surface area contributed by atoms with E-state index >= 15 is 0 Å². The first-order chi connectivity index (χ1) is 56.5. The number of nitrogens with zero attached hydrogens (tertiary/aromatic N) is 12. The molecule has 126 heavy (non-hydrogen) atoms. The molecule has 0 aromatic carbocycles. The zero-order valence-electron chi connectivity index (χ0n) is 84.1. The molecule has 12 aliphatic rings. The maximum absolute atomic E-state index is 10.1. The van der Waals surface area contributed by atoms with Gasteiger partial charge in [0, 0.05) is 0 Å². The molecule has 12 aliphatic heterocycles. The van der Waals surface area contributed by atoms with Gasteiger partial charge in [-0.15, -0.1) is 0 Å². The molecule has 12 rings (SSSR count). The molecule has 0 amide bonds. The van der Waals surface area contributed by atoms with E-state index in [1.807, 2.05) is 0 Å². The molecule has 0 aliphatic carbocycles. The molecule has 768 valence electrons. The van der Waals surface area contributed by atoms with Crippen molar-refractivity contribution >= 4 is 47.4 Å². The zero-order chi connectivity index (χ0) is 99.4. The van der Waals surface area contributed by atoms with Crippen molar-refractivity contribution in [2.24, 2.45) is 0 Å². The van der Waals surface area contributed by atoms with Crippen LogP contribution in [0.3, 0.4) is 0 Å². The highest BCUT2D eigenvalue weighted by Crippen LogP contribution is 2.27. The standard InChI is InChI=1S/12C7H16N.6FH2O3P/c12*1-8(2)6-4-3-5-7-8;6*1-5(2,3)4/h12*3-7H2,1-2H3;6*(H2,2,3,4)/q12*+1;;;;;;/p-12. The summed E-state index contributed by atoms with van der Waals surface area (Å²) in [6.45, 7) is 33.3. The number of quaternary nitrogens is 12. The predicted octanol–water partition coefficient (Wildman–Crippen LogP) is 7.67. The Labute approximate surface area is 766 Å². The van der Waals surface area contributed by atoms with Gasteiger partial charge < -0.3 is 140 Å². The first kappa shape index (κ1) is 137. The third-order valence-corrected chi connectivity index (χ3v) is 24.3. The Bertz CT molecular complexity index is 2210. The van der Waals surface area contributed by atoms with Gasteiger partial charge in [0.1, 0.15) is 47.4 Å². The number of hydrogen-bond acceptors (Lipinski definition) is 18. The van der Waals surface area contributed by atoms with Crippen molar-refractivity contribution in [3.05, 3.63) is 0 Å². The molecule has 12 heterocycles. The lowest BCUT2D eigenvalue weighted by Gasteiger charge is -2.33. The summed E-state index contributed by atoms with van der Waals surface area (Å²) >= 11 is 0. The summed E-state index contributed by atoms with van der Waals surface area (Å²) in [5.74, 6) is 0. The summed E-state index contributed by atoms with van der Waals surface area (Å²) in [5, 5.41) is 0. The molecule has 0 saturated carbocycles. The van der Waals surface area contributed by atoms with E-state index in [1.165, 1.54) is 442 Å². The minimum absolute atomic E-state index is 1.25. The van der Waals surface area contributed by atoms with Crippen LogP contribution in [0.1, 0.15) is 231 Å². The van der Waals surface area contributed by atoms with Gasteiger partial charge >= 0.3 is 0 Å². The summed E-state index contributed by atoms with van der Waals surface area (Å²) in [6.07, 6.45) is 52.0. The lowest BCUT2D eigenvalue weighted by molar-refractivity contribution is -0.894. The molecule has 30 nitrogen and oxygen atoms in total. The molecule has 0 bridgehead atoms. The second-order valence-corrected chi connectivity index (χ2v) is 49.1. The second kappa shape index (κ2) is 68.1. The van der Waals surface area contributed by atoms with Crippen molar-refractivity contribution in [3.63, 3.8) is 0 Å². The van der Waals surface area contributed by atoms with E-state index in [9.17, 15) is 25.2 Å². The van der Waals surface area contributed by atoms with E-state index in [1.54, 1.807) is 0 Å². The second-order valence-electron chi connectivity index (χ2n) is 43.9. The Hall–Kier alpha value is -0.0000000000000000555. The van der Waals surface area contributed by atoms with Crippen molar-refractivity contribution in [2.75, 3.05) is 326 Å². The van der Waals surface area contributed by atoms with Crippen LogP contribution in [0.2, 0.25) is 0 Å². The lowest BCUT2D eigenvalue weighted by atomic mass is 10.1. The van der Waals surface area contributed by atoms with E-state index in [0.717, 1.165) is 0 Å². The monoisotopic (exact) mass is 1960 g/mol. The Morgan fingerprint density at radius 1 is 0.119 bits per heavy atom. The van der Waals surface area contributed by atoms with Gasteiger partial charge in [0.05, 0.1) is 326 Å². The quantitative estimate of drug-likeness (QED) is 0.127. The molecule has 12 saturated heterocycles. The van der Waals surface area contributed by atoms with E-state index in [2.05, 4.69) is 169 Å². The maximum atomic E-state index is 10.1. The summed E-state index contributed by atoms with van der Waals surface area (Å²) in [4.78, 5) is 101. The van der Waals surface area contributed by atoms with Gasteiger partial charge in [0.25, 0.3) is 0 Å². The van der Waals surface area contributed by atoms with E-state index in [4.69, 9.17) is 86.1 Å². The third kappa shape index (κ3) is 130. The van der Waals surface area contributed by atoms with Gasteiger partial charge in [-0.3, -0.25) is 0 Å². The van der Waals surface area contributed by atoms with Crippen molar-refractivity contribution in [2.45, 2.75) is 231 Å². The molecular formula is C84H192F6N12O18P6. The number of piperidine rings is 12. The number of rotatable bonds is 0. The Balaban J connectivity index is -0.000000304. The minimum Gasteiger partial charge on any atom is -0.786 e.